The van der Waals surface area contributed by atoms with Crippen LogP contribution in [-0.2, 0) is 11.2 Å². The molecule has 1 heterocycles. The molecule has 1 amide bonds. The smallest absolute Gasteiger partial charge is 0.336 e. The Hall–Kier alpha value is -3.82. The van der Waals surface area contributed by atoms with E-state index in [0.717, 1.165) is 0 Å². The molecule has 0 fully saturated rings. The number of nitrogens with zero attached hydrogens (tertiary/aromatic N) is 1. The van der Waals surface area contributed by atoms with Gasteiger partial charge in [-0.3, -0.25) is 14.6 Å². The molecule has 28 heavy (non-hydrogen) atoms. The zero-order valence-electron chi connectivity index (χ0n) is 15.3. The normalized spacial score (nSPS) is 10.8. The van der Waals surface area contributed by atoms with Crippen LogP contribution >= 0.6 is 0 Å². The number of anilines is 3. The van der Waals surface area contributed by atoms with E-state index in [-0.39, 0.29) is 28.8 Å². The fourth-order valence-corrected chi connectivity index (χ4v) is 2.52. The second-order valence-electron chi connectivity index (χ2n) is 5.90. The van der Waals surface area contributed by atoms with Gasteiger partial charge in [-0.15, -0.1) is 0 Å². The van der Waals surface area contributed by atoms with E-state index in [9.17, 15) is 19.5 Å². The number of carbonyl (C=O) groups excluding carboxylic acids is 1. The summed E-state index contributed by atoms with van der Waals surface area (Å²) in [6.45, 7) is 0.482. The van der Waals surface area contributed by atoms with Crippen molar-refractivity contribution in [2.24, 2.45) is 0 Å². The number of rotatable bonds is 8. The van der Waals surface area contributed by atoms with Crippen LogP contribution in [0.3, 0.4) is 0 Å². The van der Waals surface area contributed by atoms with Gasteiger partial charge in [0, 0.05) is 25.4 Å². The Kier molecular flexibility index (Phi) is 6.74. The molecule has 0 unspecified atom stereocenters. The highest BCUT2D eigenvalue weighted by molar-refractivity contribution is 5.97. The molecule has 2 rings (SSSR count). The number of H-pyrrole nitrogens is 1. The summed E-state index contributed by atoms with van der Waals surface area (Å²) in [4.78, 5) is 40.8. The average Bonchev–Trinajstić information content (AvgIpc) is 2.64. The third-order valence-corrected chi connectivity index (χ3v) is 3.94. The van der Waals surface area contributed by atoms with Gasteiger partial charge in [-0.2, -0.15) is 4.98 Å². The fraction of sp³-hybridized carbons (Fsp3) is 0.222. The summed E-state index contributed by atoms with van der Waals surface area (Å²) < 4.78 is 0. The van der Waals surface area contributed by atoms with Crippen molar-refractivity contribution in [2.45, 2.75) is 12.8 Å². The van der Waals surface area contributed by atoms with Crippen LogP contribution in [0.5, 0.6) is 0 Å². The first-order chi connectivity index (χ1) is 13.3. The van der Waals surface area contributed by atoms with Gasteiger partial charge in [0.25, 0.3) is 5.56 Å². The molecule has 2 aromatic rings. The van der Waals surface area contributed by atoms with Gasteiger partial charge in [0.15, 0.2) is 0 Å². The van der Waals surface area contributed by atoms with Crippen LogP contribution in [0.15, 0.2) is 29.1 Å². The van der Waals surface area contributed by atoms with Crippen LogP contribution in [0.1, 0.15) is 27.9 Å². The van der Waals surface area contributed by atoms with Crippen molar-refractivity contribution in [3.63, 3.8) is 0 Å². The van der Waals surface area contributed by atoms with E-state index in [1.165, 1.54) is 25.3 Å². The number of carbonyl (C=O) groups is 2. The number of hydrogen-bond acceptors (Lipinski definition) is 7. The van der Waals surface area contributed by atoms with Crippen LogP contribution < -0.4 is 27.7 Å². The predicted octanol–water partition coefficient (Wildman–Crippen LogP) is 0.436. The highest BCUT2D eigenvalue weighted by Gasteiger charge is 2.10. The Morgan fingerprint density at radius 1 is 1.32 bits per heavy atom. The topological polar surface area (TPSA) is 176 Å². The summed E-state index contributed by atoms with van der Waals surface area (Å²) in [5.41, 5.74) is 12.2. The van der Waals surface area contributed by atoms with Crippen LogP contribution in [0, 0.1) is 0 Å². The number of amides is 1. The Morgan fingerprint density at radius 2 is 2.07 bits per heavy atom. The van der Waals surface area contributed by atoms with Crippen molar-refractivity contribution >= 4 is 35.4 Å². The molecular formula is C18H22N6O4. The second-order valence-corrected chi connectivity index (χ2v) is 5.90. The van der Waals surface area contributed by atoms with Crippen molar-refractivity contribution in [3.8, 4) is 0 Å². The number of aromatic nitrogens is 2. The lowest BCUT2D eigenvalue weighted by Gasteiger charge is -2.10. The molecule has 148 valence electrons. The number of hydrogen-bond donors (Lipinski definition) is 6. The molecule has 0 atom stereocenters. The minimum absolute atomic E-state index is 0.0314. The third-order valence-electron chi connectivity index (χ3n) is 3.94. The van der Waals surface area contributed by atoms with Crippen LogP contribution in [0.25, 0.3) is 6.08 Å². The number of nitrogen functional groups attached to an aromatic ring is 2. The van der Waals surface area contributed by atoms with E-state index in [2.05, 4.69) is 20.6 Å². The monoisotopic (exact) mass is 386 g/mol. The molecule has 0 spiro atoms. The molecule has 0 aliphatic heterocycles. The number of carboxylic acid groups (broad SMARTS) is 1. The van der Waals surface area contributed by atoms with E-state index in [4.69, 9.17) is 11.5 Å². The Labute approximate surface area is 160 Å². The summed E-state index contributed by atoms with van der Waals surface area (Å²) >= 11 is 0. The van der Waals surface area contributed by atoms with Gasteiger partial charge in [0.1, 0.15) is 5.82 Å². The maximum absolute atomic E-state index is 11.8. The molecule has 10 nitrogen and oxygen atoms in total. The van der Waals surface area contributed by atoms with Crippen molar-refractivity contribution in [3.05, 3.63) is 51.3 Å². The van der Waals surface area contributed by atoms with Crippen LogP contribution in [-0.4, -0.2) is 40.5 Å². The number of nitrogens with one attached hydrogen (secondary N) is 3. The van der Waals surface area contributed by atoms with Gasteiger partial charge in [0.2, 0.25) is 11.9 Å². The first-order valence-corrected chi connectivity index (χ1v) is 8.47. The maximum Gasteiger partial charge on any atom is 0.336 e. The zero-order valence-corrected chi connectivity index (χ0v) is 15.3. The Morgan fingerprint density at radius 3 is 2.71 bits per heavy atom. The minimum atomic E-state index is -1.10. The number of aromatic amines is 1. The number of aromatic carboxylic acids is 1. The number of benzene rings is 1. The van der Waals surface area contributed by atoms with Gasteiger partial charge < -0.3 is 27.2 Å². The SMILES string of the molecule is CNC(=O)/C=C/c1ccc(NCCCc2c(N)nc(N)[nH]c2=O)cc1C(=O)O. The maximum atomic E-state index is 11.8. The lowest BCUT2D eigenvalue weighted by Crippen LogP contribution is -2.20. The van der Waals surface area contributed by atoms with E-state index < -0.39 is 5.97 Å². The first-order valence-electron chi connectivity index (χ1n) is 8.47. The second kappa shape index (κ2) is 9.21. The van der Waals surface area contributed by atoms with Crippen LogP contribution in [0.2, 0.25) is 0 Å². The van der Waals surface area contributed by atoms with Crippen molar-refractivity contribution < 1.29 is 14.7 Å². The lowest BCUT2D eigenvalue weighted by molar-refractivity contribution is -0.115. The summed E-state index contributed by atoms with van der Waals surface area (Å²) in [5.74, 6) is -1.37. The third kappa shape index (κ3) is 5.34. The van der Waals surface area contributed by atoms with Gasteiger partial charge in [-0.1, -0.05) is 6.07 Å². The zero-order chi connectivity index (χ0) is 20.7. The summed E-state index contributed by atoms with van der Waals surface area (Å²) in [6, 6.07) is 4.80. The van der Waals surface area contributed by atoms with E-state index >= 15 is 0 Å². The highest BCUT2D eigenvalue weighted by atomic mass is 16.4. The van der Waals surface area contributed by atoms with Gasteiger partial charge >= 0.3 is 5.97 Å². The molecule has 1 aromatic heterocycles. The van der Waals surface area contributed by atoms with Gasteiger partial charge in [-0.05, 0) is 36.6 Å². The van der Waals surface area contributed by atoms with Crippen molar-refractivity contribution in [1.82, 2.24) is 15.3 Å². The van der Waals surface area contributed by atoms with E-state index in [1.807, 2.05) is 0 Å². The first kappa shape index (κ1) is 20.5. The minimum Gasteiger partial charge on any atom is -0.478 e. The summed E-state index contributed by atoms with van der Waals surface area (Å²) in [5, 5.41) is 14.9. The number of carboxylic acids is 1. The Balaban J connectivity index is 2.02. The number of nitrogens with two attached hydrogens (primary N) is 2. The van der Waals surface area contributed by atoms with Gasteiger partial charge in [0.05, 0.1) is 11.1 Å². The Bertz CT molecular complexity index is 967. The molecule has 0 aliphatic carbocycles. The highest BCUT2D eigenvalue weighted by Crippen LogP contribution is 2.18. The molecule has 10 heteroatoms. The number of likely N-dealkylation sites (N-methyl/N-ethyl adjacent to an activating group) is 1. The van der Waals surface area contributed by atoms with E-state index in [0.29, 0.717) is 36.2 Å². The van der Waals surface area contributed by atoms with Crippen LogP contribution in [0.4, 0.5) is 17.5 Å². The van der Waals surface area contributed by atoms with E-state index in [1.54, 1.807) is 12.1 Å². The molecule has 0 saturated heterocycles. The molecule has 0 aliphatic rings. The standard InChI is InChI=1S/C18H22N6O4/c1-21-14(25)7-5-10-4-6-11(9-13(10)17(27)28)22-8-2-3-12-15(19)23-18(20)24-16(12)26/h4-7,9,22H,2-3,8H2,1H3,(H,21,25)(H,27,28)(H5,19,20,23,24,26)/b7-5+. The summed E-state index contributed by atoms with van der Waals surface area (Å²) in [7, 11) is 1.49. The average molecular weight is 386 g/mol. The fourth-order valence-electron chi connectivity index (χ4n) is 2.52. The molecule has 8 N–H and O–H groups in total. The largest absolute Gasteiger partial charge is 0.478 e. The lowest BCUT2D eigenvalue weighted by atomic mass is 10.1. The molecule has 0 radical (unpaired) electrons. The van der Waals surface area contributed by atoms with Crippen molar-refractivity contribution in [1.29, 1.82) is 0 Å². The molecule has 0 saturated carbocycles. The van der Waals surface area contributed by atoms with Crippen molar-refractivity contribution in [2.75, 3.05) is 30.4 Å². The molecule has 0 bridgehead atoms. The molecular weight excluding hydrogens is 364 g/mol. The predicted molar refractivity (Wildman–Crippen MR) is 107 cm³/mol. The quantitative estimate of drug-likeness (QED) is 0.279. The van der Waals surface area contributed by atoms with Gasteiger partial charge in [-0.25, -0.2) is 4.79 Å². The molecule has 1 aromatic carbocycles. The summed E-state index contributed by atoms with van der Waals surface area (Å²) in [6.07, 6.45) is 3.66.